The van der Waals surface area contributed by atoms with E-state index >= 15 is 0 Å². The number of fused-ring (bicyclic) bond motifs is 1. The summed E-state index contributed by atoms with van der Waals surface area (Å²) in [7, 11) is 1.82. The van der Waals surface area contributed by atoms with Crippen molar-refractivity contribution in [1.29, 1.82) is 0 Å². The maximum Gasteiger partial charge on any atom is 0.248 e. The second-order valence-corrected chi connectivity index (χ2v) is 7.07. The van der Waals surface area contributed by atoms with Crippen LogP contribution in [0.2, 0.25) is 0 Å². The van der Waals surface area contributed by atoms with Crippen LogP contribution in [0.1, 0.15) is 46.8 Å². The number of primary amides is 1. The molecule has 0 heterocycles. The number of carbonyl (C=O) groups excluding carboxylic acids is 2. The first-order valence-corrected chi connectivity index (χ1v) is 8.64. The Bertz CT molecular complexity index is 815. The van der Waals surface area contributed by atoms with Gasteiger partial charge in [0.05, 0.1) is 5.41 Å². The molecular weight excluding hydrogens is 312 g/mol. The van der Waals surface area contributed by atoms with Crippen LogP contribution in [-0.4, -0.2) is 23.8 Å². The van der Waals surface area contributed by atoms with E-state index in [1.807, 2.05) is 32.2 Å². The lowest BCUT2D eigenvalue weighted by Crippen LogP contribution is -2.45. The number of likely N-dealkylation sites (N-methyl/N-ethyl adjacent to an activating group) is 1. The van der Waals surface area contributed by atoms with Crippen LogP contribution in [0, 0.1) is 0 Å². The fourth-order valence-corrected chi connectivity index (χ4v) is 3.86. The third kappa shape index (κ3) is 3.29. The zero-order valence-electron chi connectivity index (χ0n) is 14.8. The van der Waals surface area contributed by atoms with Crippen LogP contribution >= 0.6 is 0 Å². The number of carbonyl (C=O) groups is 2. The zero-order valence-corrected chi connectivity index (χ0v) is 14.8. The standard InChI is InChI=1S/C21H24N2O2/c1-21(12-6-10-16-8-3-4-11-18(16)21)20(25)23(2)14-15-7-5-9-17(13-15)19(22)24/h3-5,7-9,11,13H,6,10,12,14H2,1-2H3,(H2,22,24)/t21-/m0/s1. The van der Waals surface area contributed by atoms with Gasteiger partial charge < -0.3 is 10.6 Å². The molecule has 25 heavy (non-hydrogen) atoms. The minimum absolute atomic E-state index is 0.115. The molecule has 1 aliphatic carbocycles. The number of hydrogen-bond donors (Lipinski definition) is 1. The van der Waals surface area contributed by atoms with E-state index in [0.717, 1.165) is 30.4 Å². The number of hydrogen-bond acceptors (Lipinski definition) is 2. The fourth-order valence-electron chi connectivity index (χ4n) is 3.86. The van der Waals surface area contributed by atoms with E-state index in [2.05, 4.69) is 12.1 Å². The average Bonchev–Trinajstić information content (AvgIpc) is 2.61. The number of nitrogens with zero attached hydrogens (tertiary/aromatic N) is 1. The summed E-state index contributed by atoms with van der Waals surface area (Å²) in [4.78, 5) is 26.3. The van der Waals surface area contributed by atoms with Gasteiger partial charge in [-0.1, -0.05) is 36.4 Å². The molecular formula is C21H24N2O2. The molecule has 4 heteroatoms. The fraction of sp³-hybridized carbons (Fsp3) is 0.333. The molecule has 0 saturated heterocycles. The molecule has 2 N–H and O–H groups in total. The molecule has 0 unspecified atom stereocenters. The highest BCUT2D eigenvalue weighted by atomic mass is 16.2. The van der Waals surface area contributed by atoms with Crippen LogP contribution in [-0.2, 0) is 23.2 Å². The molecule has 0 aromatic heterocycles. The van der Waals surface area contributed by atoms with Gasteiger partial charge in [-0.15, -0.1) is 0 Å². The maximum absolute atomic E-state index is 13.2. The van der Waals surface area contributed by atoms with Crippen molar-refractivity contribution >= 4 is 11.8 Å². The first-order chi connectivity index (χ1) is 11.9. The Labute approximate surface area is 148 Å². The third-order valence-corrected chi connectivity index (χ3v) is 5.18. The van der Waals surface area contributed by atoms with Gasteiger partial charge in [0.2, 0.25) is 11.8 Å². The van der Waals surface area contributed by atoms with Gasteiger partial charge >= 0.3 is 0 Å². The summed E-state index contributed by atoms with van der Waals surface area (Å²) in [6.07, 6.45) is 2.90. The highest BCUT2D eigenvalue weighted by molar-refractivity contribution is 5.93. The summed E-state index contributed by atoms with van der Waals surface area (Å²) >= 11 is 0. The van der Waals surface area contributed by atoms with Gasteiger partial charge in [0, 0.05) is 19.2 Å². The number of nitrogens with two attached hydrogens (primary N) is 1. The van der Waals surface area contributed by atoms with Crippen LogP contribution in [0.4, 0.5) is 0 Å². The topological polar surface area (TPSA) is 63.4 Å². The monoisotopic (exact) mass is 336 g/mol. The van der Waals surface area contributed by atoms with Crippen LogP contribution in [0.25, 0.3) is 0 Å². The molecule has 130 valence electrons. The van der Waals surface area contributed by atoms with Gasteiger partial charge in [-0.25, -0.2) is 0 Å². The molecule has 0 radical (unpaired) electrons. The minimum Gasteiger partial charge on any atom is -0.366 e. The molecule has 2 aromatic carbocycles. The molecule has 4 nitrogen and oxygen atoms in total. The lowest BCUT2D eigenvalue weighted by Gasteiger charge is -2.37. The summed E-state index contributed by atoms with van der Waals surface area (Å²) in [5.74, 6) is -0.340. The molecule has 0 aliphatic heterocycles. The average molecular weight is 336 g/mol. The Morgan fingerprint density at radius 1 is 1.16 bits per heavy atom. The number of benzene rings is 2. The Morgan fingerprint density at radius 3 is 2.68 bits per heavy atom. The van der Waals surface area contributed by atoms with E-state index in [1.165, 1.54) is 5.56 Å². The molecule has 3 rings (SSSR count). The second kappa shape index (κ2) is 6.71. The lowest BCUT2D eigenvalue weighted by molar-refractivity contribution is -0.136. The maximum atomic E-state index is 13.2. The van der Waals surface area contributed by atoms with Gasteiger partial charge in [-0.2, -0.15) is 0 Å². The molecule has 2 aromatic rings. The van der Waals surface area contributed by atoms with Gasteiger partial charge in [-0.3, -0.25) is 9.59 Å². The molecule has 1 atom stereocenters. The number of aryl methyl sites for hydroxylation is 1. The first-order valence-electron chi connectivity index (χ1n) is 8.64. The summed E-state index contributed by atoms with van der Waals surface area (Å²) in [5, 5.41) is 0. The van der Waals surface area contributed by atoms with E-state index in [4.69, 9.17) is 5.73 Å². The minimum atomic E-state index is -0.495. The molecule has 0 bridgehead atoms. The van der Waals surface area contributed by atoms with E-state index in [0.29, 0.717) is 12.1 Å². The number of amides is 2. The predicted octanol–water partition coefficient (Wildman–Crippen LogP) is 3.04. The largest absolute Gasteiger partial charge is 0.366 e. The van der Waals surface area contributed by atoms with Crippen LogP contribution in [0.15, 0.2) is 48.5 Å². The van der Waals surface area contributed by atoms with Crippen LogP contribution < -0.4 is 5.73 Å². The molecule has 0 saturated carbocycles. The van der Waals surface area contributed by atoms with Crippen LogP contribution in [0.3, 0.4) is 0 Å². The van der Waals surface area contributed by atoms with E-state index in [1.54, 1.807) is 23.1 Å². The molecule has 0 spiro atoms. The van der Waals surface area contributed by atoms with Crippen molar-refractivity contribution in [2.24, 2.45) is 5.73 Å². The van der Waals surface area contributed by atoms with Crippen molar-refractivity contribution in [2.75, 3.05) is 7.05 Å². The lowest BCUT2D eigenvalue weighted by atomic mass is 9.70. The number of rotatable bonds is 4. The SMILES string of the molecule is CN(Cc1cccc(C(N)=O)c1)C(=O)[C@@]1(C)CCCc2ccccc21. The smallest absolute Gasteiger partial charge is 0.248 e. The Balaban J connectivity index is 1.84. The quantitative estimate of drug-likeness (QED) is 0.933. The second-order valence-electron chi connectivity index (χ2n) is 7.07. The third-order valence-electron chi connectivity index (χ3n) is 5.18. The van der Waals surface area contributed by atoms with Crippen molar-refractivity contribution in [3.63, 3.8) is 0 Å². The summed E-state index contributed by atoms with van der Waals surface area (Å²) in [6.45, 7) is 2.50. The Morgan fingerprint density at radius 2 is 1.92 bits per heavy atom. The Hall–Kier alpha value is -2.62. The van der Waals surface area contributed by atoms with Crippen molar-refractivity contribution in [1.82, 2.24) is 4.90 Å². The van der Waals surface area contributed by atoms with Crippen molar-refractivity contribution in [2.45, 2.75) is 38.1 Å². The highest BCUT2D eigenvalue weighted by Gasteiger charge is 2.40. The van der Waals surface area contributed by atoms with Gasteiger partial charge in [-0.05, 0) is 55.0 Å². The molecule has 2 amide bonds. The normalized spacial score (nSPS) is 19.1. The van der Waals surface area contributed by atoms with Gasteiger partial charge in [0.1, 0.15) is 0 Å². The highest BCUT2D eigenvalue weighted by Crippen LogP contribution is 2.38. The summed E-state index contributed by atoms with van der Waals surface area (Å²) in [5.41, 5.74) is 8.63. The van der Waals surface area contributed by atoms with Crippen molar-refractivity contribution in [3.05, 3.63) is 70.8 Å². The van der Waals surface area contributed by atoms with Gasteiger partial charge in [0.25, 0.3) is 0 Å². The van der Waals surface area contributed by atoms with E-state index in [9.17, 15) is 9.59 Å². The zero-order chi connectivity index (χ0) is 18.0. The van der Waals surface area contributed by atoms with Gasteiger partial charge in [0.15, 0.2) is 0 Å². The molecule has 0 fully saturated rings. The Kier molecular flexibility index (Phi) is 4.62. The first kappa shape index (κ1) is 17.2. The summed E-state index contributed by atoms with van der Waals surface area (Å²) in [6, 6.07) is 15.4. The van der Waals surface area contributed by atoms with Crippen LogP contribution in [0.5, 0.6) is 0 Å². The van der Waals surface area contributed by atoms with Crippen molar-refractivity contribution < 1.29 is 9.59 Å². The molecule has 1 aliphatic rings. The van der Waals surface area contributed by atoms with E-state index in [-0.39, 0.29) is 5.91 Å². The predicted molar refractivity (Wildman–Crippen MR) is 98.2 cm³/mol. The van der Waals surface area contributed by atoms with E-state index < -0.39 is 11.3 Å². The van der Waals surface area contributed by atoms with Crippen molar-refractivity contribution in [3.8, 4) is 0 Å². The summed E-state index contributed by atoms with van der Waals surface area (Å²) < 4.78 is 0.